The summed E-state index contributed by atoms with van der Waals surface area (Å²) in [7, 11) is 0. The van der Waals surface area contributed by atoms with Gasteiger partial charge in [0.25, 0.3) is 0 Å². The lowest BCUT2D eigenvalue weighted by molar-refractivity contribution is -0.368. The van der Waals surface area contributed by atoms with Crippen LogP contribution in [0.25, 0.3) is 0 Å². The van der Waals surface area contributed by atoms with E-state index in [1.165, 1.54) is 0 Å². The number of rotatable bonds is 15. The van der Waals surface area contributed by atoms with Gasteiger partial charge in [-0.05, 0) is 33.6 Å². The molecule has 0 fully saturated rings. The number of hydrogen-bond donors (Lipinski definition) is 1. The van der Waals surface area contributed by atoms with E-state index in [0.29, 0.717) is 12.8 Å². The average Bonchev–Trinajstić information content (AvgIpc) is 2.54. The zero-order chi connectivity index (χ0) is 19.3. The molecule has 0 aromatic carbocycles. The van der Waals surface area contributed by atoms with Crippen LogP contribution < -0.4 is 0 Å². The Morgan fingerprint density at radius 1 is 1.16 bits per heavy atom. The number of carboxylic acids is 1. The highest BCUT2D eigenvalue weighted by atomic mass is 17.2. The topological polar surface area (TPSA) is 101 Å². The van der Waals surface area contributed by atoms with E-state index < -0.39 is 17.5 Å². The number of carboxylic acid groups (broad SMARTS) is 1. The van der Waals surface area contributed by atoms with Gasteiger partial charge in [-0.15, -0.1) is 0 Å². The summed E-state index contributed by atoms with van der Waals surface area (Å²) in [5, 5.41) is 8.56. The number of esters is 1. The van der Waals surface area contributed by atoms with Crippen molar-refractivity contribution < 1.29 is 39.0 Å². The van der Waals surface area contributed by atoms with Crippen molar-refractivity contribution in [3.05, 3.63) is 12.2 Å². The van der Waals surface area contributed by atoms with Gasteiger partial charge in [0, 0.05) is 6.42 Å². The lowest BCUT2D eigenvalue weighted by atomic mass is 9.91. The molecule has 0 bridgehead atoms. The number of hydrogen-bond acceptors (Lipinski definition) is 7. The molecule has 1 N–H and O–H groups in total. The maximum absolute atomic E-state index is 12.0. The van der Waals surface area contributed by atoms with Crippen molar-refractivity contribution in [2.24, 2.45) is 5.41 Å². The van der Waals surface area contributed by atoms with Gasteiger partial charge in [0.05, 0.1) is 12.0 Å². The maximum atomic E-state index is 12.0. The summed E-state index contributed by atoms with van der Waals surface area (Å²) >= 11 is 0. The Labute approximate surface area is 148 Å². The van der Waals surface area contributed by atoms with Crippen molar-refractivity contribution in [1.29, 1.82) is 0 Å². The third-order valence-corrected chi connectivity index (χ3v) is 3.30. The fourth-order valence-corrected chi connectivity index (χ4v) is 1.30. The van der Waals surface area contributed by atoms with Gasteiger partial charge in [-0.25, -0.2) is 19.6 Å². The van der Waals surface area contributed by atoms with Crippen molar-refractivity contribution in [3.8, 4) is 0 Å². The molecule has 0 saturated carbocycles. The fraction of sp³-hybridized carbons (Fsp3) is 0.765. The average molecular weight is 362 g/mol. The highest BCUT2D eigenvalue weighted by Gasteiger charge is 2.28. The van der Waals surface area contributed by atoms with E-state index in [1.54, 1.807) is 20.8 Å². The Morgan fingerprint density at radius 3 is 2.40 bits per heavy atom. The number of aliphatic carboxylic acids is 1. The molecule has 8 nitrogen and oxygen atoms in total. The molecular weight excluding hydrogens is 332 g/mol. The molecule has 1 atom stereocenters. The summed E-state index contributed by atoms with van der Waals surface area (Å²) in [6, 6.07) is 0. The van der Waals surface area contributed by atoms with E-state index in [1.807, 2.05) is 6.92 Å². The van der Waals surface area contributed by atoms with Crippen molar-refractivity contribution in [1.82, 2.24) is 0 Å². The Balaban J connectivity index is 4.29. The normalized spacial score (nSPS) is 12.6. The largest absolute Gasteiger partial charge is 0.481 e. The van der Waals surface area contributed by atoms with Crippen LogP contribution in [0.5, 0.6) is 0 Å². The first-order chi connectivity index (χ1) is 11.7. The molecule has 8 heteroatoms. The minimum absolute atomic E-state index is 0.0218. The molecule has 0 aromatic heterocycles. The van der Waals surface area contributed by atoms with Crippen molar-refractivity contribution in [2.75, 3.05) is 26.4 Å². The third-order valence-electron chi connectivity index (χ3n) is 3.30. The van der Waals surface area contributed by atoms with E-state index in [2.05, 4.69) is 6.58 Å². The Kier molecular flexibility index (Phi) is 12.1. The van der Waals surface area contributed by atoms with Crippen LogP contribution in [0, 0.1) is 5.41 Å². The number of carbonyl (C=O) groups excluding carboxylic acids is 1. The molecule has 0 aliphatic heterocycles. The predicted molar refractivity (Wildman–Crippen MR) is 89.4 cm³/mol. The zero-order valence-electron chi connectivity index (χ0n) is 15.5. The molecule has 0 amide bonds. The van der Waals surface area contributed by atoms with E-state index in [9.17, 15) is 9.59 Å². The Hall–Kier alpha value is -1.48. The first-order valence-corrected chi connectivity index (χ1v) is 8.25. The van der Waals surface area contributed by atoms with Gasteiger partial charge in [0.1, 0.15) is 19.8 Å². The van der Waals surface area contributed by atoms with Crippen molar-refractivity contribution in [2.45, 2.75) is 53.1 Å². The molecule has 1 unspecified atom stereocenters. The fourth-order valence-electron chi connectivity index (χ4n) is 1.30. The summed E-state index contributed by atoms with van der Waals surface area (Å²) in [6.45, 7) is 11.2. The highest BCUT2D eigenvalue weighted by molar-refractivity contribution is 5.75. The van der Waals surface area contributed by atoms with Crippen LogP contribution in [-0.2, 0) is 33.9 Å². The van der Waals surface area contributed by atoms with Gasteiger partial charge < -0.3 is 9.84 Å². The van der Waals surface area contributed by atoms with E-state index in [0.717, 1.165) is 5.57 Å². The van der Waals surface area contributed by atoms with Crippen LogP contribution in [0.2, 0.25) is 0 Å². The standard InChI is InChI=1S/C17H30O8/c1-6-17(4,5)16(20)21-11-14(12-24-23-10-13(2)3)25-22-9-7-8-15(18)19/h14H,2,6-12H2,1,3-5H3,(H,18,19). The van der Waals surface area contributed by atoms with Crippen LogP contribution in [-0.4, -0.2) is 49.6 Å². The molecule has 0 rings (SSSR count). The van der Waals surface area contributed by atoms with Crippen molar-refractivity contribution in [3.63, 3.8) is 0 Å². The van der Waals surface area contributed by atoms with Crippen LogP contribution in [0.1, 0.15) is 47.0 Å². The second-order valence-corrected chi connectivity index (χ2v) is 6.38. The van der Waals surface area contributed by atoms with Gasteiger partial charge >= 0.3 is 11.9 Å². The minimum Gasteiger partial charge on any atom is -0.481 e. The third kappa shape index (κ3) is 12.5. The van der Waals surface area contributed by atoms with Crippen LogP contribution in [0.4, 0.5) is 0 Å². The zero-order valence-corrected chi connectivity index (χ0v) is 15.5. The van der Waals surface area contributed by atoms with Crippen LogP contribution >= 0.6 is 0 Å². The number of carbonyl (C=O) groups is 2. The second-order valence-electron chi connectivity index (χ2n) is 6.38. The summed E-state index contributed by atoms with van der Waals surface area (Å²) in [4.78, 5) is 42.4. The first kappa shape index (κ1) is 23.5. The predicted octanol–water partition coefficient (Wildman–Crippen LogP) is 2.67. The number of ether oxygens (including phenoxy) is 1. The summed E-state index contributed by atoms with van der Waals surface area (Å²) in [6.07, 6.45) is 0.219. The molecular formula is C17H30O8. The molecule has 0 aromatic rings. The Morgan fingerprint density at radius 2 is 1.84 bits per heavy atom. The Bertz CT molecular complexity index is 419. The molecule has 146 valence electrons. The van der Waals surface area contributed by atoms with Gasteiger partial charge in [0.2, 0.25) is 0 Å². The molecule has 0 radical (unpaired) electrons. The molecule has 0 heterocycles. The first-order valence-electron chi connectivity index (χ1n) is 8.25. The lowest BCUT2D eigenvalue weighted by Gasteiger charge is -2.22. The molecule has 0 aliphatic rings. The smallest absolute Gasteiger partial charge is 0.311 e. The van der Waals surface area contributed by atoms with E-state index in [-0.39, 0.29) is 38.8 Å². The van der Waals surface area contributed by atoms with E-state index >= 15 is 0 Å². The molecule has 0 saturated heterocycles. The molecule has 25 heavy (non-hydrogen) atoms. The maximum Gasteiger partial charge on any atom is 0.311 e. The summed E-state index contributed by atoms with van der Waals surface area (Å²) < 4.78 is 5.24. The van der Waals surface area contributed by atoms with E-state index in [4.69, 9.17) is 29.4 Å². The van der Waals surface area contributed by atoms with Crippen LogP contribution in [0.3, 0.4) is 0 Å². The lowest BCUT2D eigenvalue weighted by Crippen LogP contribution is -2.32. The quantitative estimate of drug-likeness (QED) is 0.156. The van der Waals surface area contributed by atoms with Gasteiger partial charge in [-0.3, -0.25) is 9.59 Å². The summed E-state index contributed by atoms with van der Waals surface area (Å²) in [5.41, 5.74) is 0.197. The highest BCUT2D eigenvalue weighted by Crippen LogP contribution is 2.21. The second kappa shape index (κ2) is 12.8. The SMILES string of the molecule is C=C(C)COOCC(COC(=O)C(C)(C)CC)OOCCCC(=O)O. The van der Waals surface area contributed by atoms with Crippen molar-refractivity contribution >= 4 is 11.9 Å². The van der Waals surface area contributed by atoms with Gasteiger partial charge in [-0.1, -0.05) is 19.1 Å². The van der Waals surface area contributed by atoms with Gasteiger partial charge in [0.15, 0.2) is 6.10 Å². The summed E-state index contributed by atoms with van der Waals surface area (Å²) in [5.74, 6) is -1.26. The monoisotopic (exact) mass is 362 g/mol. The minimum atomic E-state index is -0.910. The van der Waals surface area contributed by atoms with Crippen LogP contribution in [0.15, 0.2) is 12.2 Å². The molecule has 0 spiro atoms. The van der Waals surface area contributed by atoms with Gasteiger partial charge in [-0.2, -0.15) is 0 Å². The molecule has 0 aliphatic carbocycles.